The van der Waals surface area contributed by atoms with Crippen LogP contribution in [0.25, 0.3) is 16.0 Å². The summed E-state index contributed by atoms with van der Waals surface area (Å²) in [5.74, 6) is -1.70. The van der Waals surface area contributed by atoms with Gasteiger partial charge in [-0.05, 0) is 29.6 Å². The average Bonchev–Trinajstić information content (AvgIpc) is 3.56. The Balaban J connectivity index is 1.71. The molecule has 1 aliphatic heterocycles. The fourth-order valence-corrected chi connectivity index (χ4v) is 5.70. The molecule has 0 radical (unpaired) electrons. The Morgan fingerprint density at radius 1 is 1.18 bits per heavy atom. The van der Waals surface area contributed by atoms with Crippen molar-refractivity contribution in [1.29, 1.82) is 0 Å². The highest BCUT2D eigenvalue weighted by atomic mass is 32.1. The van der Waals surface area contributed by atoms with Crippen LogP contribution >= 0.6 is 22.7 Å². The molecule has 0 spiro atoms. The minimum absolute atomic E-state index is 0.0813. The Hall–Kier alpha value is -4.09. The Bertz CT molecular complexity index is 1490. The predicted octanol–water partition coefficient (Wildman–Crippen LogP) is 4.90. The number of benzene rings is 2. The van der Waals surface area contributed by atoms with E-state index in [1.54, 1.807) is 41.8 Å². The van der Waals surface area contributed by atoms with Crippen LogP contribution in [0.2, 0.25) is 0 Å². The van der Waals surface area contributed by atoms with Gasteiger partial charge in [-0.2, -0.15) is 0 Å². The Morgan fingerprint density at radius 3 is 2.68 bits per heavy atom. The fraction of sp³-hybridized carbons (Fsp3) is 0.0870. The third kappa shape index (κ3) is 3.42. The summed E-state index contributed by atoms with van der Waals surface area (Å²) in [4.78, 5) is 43.4. The number of non-ortho nitro benzene ring substituents is 1. The molecule has 170 valence electrons. The molecule has 11 heteroatoms. The first kappa shape index (κ1) is 21.7. The highest BCUT2D eigenvalue weighted by molar-refractivity contribution is 7.22. The molecule has 1 N–H and O–H groups in total. The number of carbonyl (C=O) groups excluding carboxylic acids is 2. The summed E-state index contributed by atoms with van der Waals surface area (Å²) >= 11 is 2.39. The number of carbonyl (C=O) groups is 2. The van der Waals surface area contributed by atoms with Crippen molar-refractivity contribution in [1.82, 2.24) is 4.98 Å². The van der Waals surface area contributed by atoms with Crippen molar-refractivity contribution in [2.75, 3.05) is 12.0 Å². The van der Waals surface area contributed by atoms with E-state index in [-0.39, 0.29) is 27.7 Å². The number of hydrogen-bond donors (Lipinski definition) is 1. The molecule has 2 aromatic heterocycles. The van der Waals surface area contributed by atoms with Crippen molar-refractivity contribution in [2.45, 2.75) is 6.04 Å². The van der Waals surface area contributed by atoms with Gasteiger partial charge in [-0.25, -0.2) is 4.98 Å². The van der Waals surface area contributed by atoms with E-state index in [1.165, 1.54) is 41.5 Å². The fourth-order valence-electron chi connectivity index (χ4n) is 3.85. The number of anilines is 1. The van der Waals surface area contributed by atoms with Crippen LogP contribution < -0.4 is 9.64 Å². The lowest BCUT2D eigenvalue weighted by molar-refractivity contribution is -0.384. The van der Waals surface area contributed by atoms with Crippen LogP contribution in [-0.4, -0.2) is 33.8 Å². The first-order chi connectivity index (χ1) is 16.4. The van der Waals surface area contributed by atoms with Gasteiger partial charge in [0.15, 0.2) is 5.13 Å². The van der Waals surface area contributed by atoms with Crippen LogP contribution in [0.3, 0.4) is 0 Å². The molecule has 1 aliphatic rings. The van der Waals surface area contributed by atoms with Gasteiger partial charge in [-0.15, -0.1) is 11.3 Å². The molecule has 34 heavy (non-hydrogen) atoms. The molecule has 5 rings (SSSR count). The van der Waals surface area contributed by atoms with Gasteiger partial charge < -0.3 is 9.84 Å². The minimum Gasteiger partial charge on any atom is -0.507 e. The number of thiazole rings is 1. The molecule has 9 nitrogen and oxygen atoms in total. The van der Waals surface area contributed by atoms with E-state index in [0.717, 1.165) is 11.3 Å². The smallest absolute Gasteiger partial charge is 0.301 e. The summed E-state index contributed by atoms with van der Waals surface area (Å²) in [5, 5.41) is 24.4. The van der Waals surface area contributed by atoms with E-state index in [1.807, 2.05) is 0 Å². The minimum atomic E-state index is -0.916. The maximum Gasteiger partial charge on any atom is 0.301 e. The van der Waals surface area contributed by atoms with E-state index >= 15 is 0 Å². The topological polar surface area (TPSA) is 123 Å². The lowest BCUT2D eigenvalue weighted by atomic mass is 9.99. The number of aliphatic hydroxyl groups is 1. The van der Waals surface area contributed by atoms with Crippen LogP contribution in [0.5, 0.6) is 5.75 Å². The zero-order valence-corrected chi connectivity index (χ0v) is 19.1. The average molecular weight is 494 g/mol. The molecule has 4 aromatic rings. The molecular weight excluding hydrogens is 478 g/mol. The lowest BCUT2D eigenvalue weighted by Gasteiger charge is -2.21. The van der Waals surface area contributed by atoms with Crippen LogP contribution in [0.1, 0.15) is 16.5 Å². The number of methoxy groups -OCH3 is 1. The predicted molar refractivity (Wildman–Crippen MR) is 128 cm³/mol. The Morgan fingerprint density at radius 2 is 1.97 bits per heavy atom. The van der Waals surface area contributed by atoms with Crippen molar-refractivity contribution in [3.63, 3.8) is 0 Å². The van der Waals surface area contributed by atoms with Crippen LogP contribution in [0.15, 0.2) is 65.6 Å². The molecule has 3 heterocycles. The van der Waals surface area contributed by atoms with Crippen molar-refractivity contribution in [3.05, 3.63) is 86.1 Å². The first-order valence-corrected chi connectivity index (χ1v) is 11.6. The molecule has 1 amide bonds. The SMILES string of the molecule is COc1ccccc1/C(O)=C1\C(=O)C(=O)N(c2nc3ccc([N+](=O)[O-])cc3s2)C1c1cccs1. The second-order valence-electron chi connectivity index (χ2n) is 7.29. The third-order valence-corrected chi connectivity index (χ3v) is 7.34. The standard InChI is InChI=1S/C23H15N3O6S2/c1-32-15-6-3-2-5-13(15)20(27)18-19(16-7-4-10-33-16)25(22(29)21(18)28)23-24-14-9-8-12(26(30)31)11-17(14)34-23/h2-11,19,27H,1H3/b20-18+. The van der Waals surface area contributed by atoms with E-state index in [4.69, 9.17) is 4.74 Å². The zero-order chi connectivity index (χ0) is 24.0. The third-order valence-electron chi connectivity index (χ3n) is 5.40. The second kappa shape index (κ2) is 8.36. The molecule has 2 aromatic carbocycles. The highest BCUT2D eigenvalue weighted by Crippen LogP contribution is 2.46. The number of aliphatic hydroxyl groups excluding tert-OH is 1. The maximum atomic E-state index is 13.2. The molecular formula is C23H15N3O6S2. The Kier molecular flexibility index (Phi) is 5.34. The normalized spacial score (nSPS) is 17.4. The van der Waals surface area contributed by atoms with Gasteiger partial charge in [-0.1, -0.05) is 29.5 Å². The van der Waals surface area contributed by atoms with Gasteiger partial charge in [0.1, 0.15) is 17.6 Å². The van der Waals surface area contributed by atoms with Crippen molar-refractivity contribution < 1.29 is 24.4 Å². The quantitative estimate of drug-likeness (QED) is 0.138. The van der Waals surface area contributed by atoms with Gasteiger partial charge in [0.2, 0.25) is 0 Å². The maximum absolute atomic E-state index is 13.2. The second-order valence-corrected chi connectivity index (χ2v) is 9.28. The monoisotopic (exact) mass is 493 g/mol. The van der Waals surface area contributed by atoms with Crippen LogP contribution in [-0.2, 0) is 9.59 Å². The van der Waals surface area contributed by atoms with Gasteiger partial charge >= 0.3 is 5.91 Å². The number of para-hydroxylation sites is 1. The van der Waals surface area contributed by atoms with Crippen molar-refractivity contribution in [2.24, 2.45) is 0 Å². The summed E-state index contributed by atoms with van der Waals surface area (Å²) in [7, 11) is 1.45. The number of nitrogens with zero attached hydrogens (tertiary/aromatic N) is 3. The number of hydrogen-bond acceptors (Lipinski definition) is 9. The molecule has 0 bridgehead atoms. The molecule has 1 fully saturated rings. The van der Waals surface area contributed by atoms with Gasteiger partial charge in [0, 0.05) is 17.0 Å². The molecule has 0 saturated carbocycles. The molecule has 1 unspecified atom stereocenters. The number of rotatable bonds is 5. The summed E-state index contributed by atoms with van der Waals surface area (Å²) in [6.45, 7) is 0. The lowest BCUT2D eigenvalue weighted by Crippen LogP contribution is -2.28. The summed E-state index contributed by atoms with van der Waals surface area (Å²) in [6.07, 6.45) is 0. The Labute approximate surface area is 200 Å². The summed E-state index contributed by atoms with van der Waals surface area (Å²) in [5.41, 5.74) is 0.560. The first-order valence-electron chi connectivity index (χ1n) is 9.93. The number of nitro benzene ring substituents is 1. The van der Waals surface area contributed by atoms with Crippen LogP contribution in [0.4, 0.5) is 10.8 Å². The number of ketones is 1. The highest BCUT2D eigenvalue weighted by Gasteiger charge is 2.48. The number of fused-ring (bicyclic) bond motifs is 1. The van der Waals surface area contributed by atoms with E-state index < -0.39 is 22.7 Å². The van der Waals surface area contributed by atoms with Crippen molar-refractivity contribution >= 4 is 61.2 Å². The van der Waals surface area contributed by atoms with E-state index in [2.05, 4.69) is 4.98 Å². The van der Waals surface area contributed by atoms with E-state index in [0.29, 0.717) is 20.8 Å². The number of aromatic nitrogens is 1. The number of amides is 1. The summed E-state index contributed by atoms with van der Waals surface area (Å²) in [6, 6.07) is 13.5. The molecule has 0 aliphatic carbocycles. The number of thiophene rings is 1. The molecule has 1 atom stereocenters. The summed E-state index contributed by atoms with van der Waals surface area (Å²) < 4.78 is 5.83. The number of ether oxygens (including phenoxy) is 1. The van der Waals surface area contributed by atoms with E-state index in [9.17, 15) is 24.8 Å². The number of nitro groups is 1. The molecule has 1 saturated heterocycles. The number of Topliss-reactive ketones (excluding diaryl/α,β-unsaturated/α-hetero) is 1. The zero-order valence-electron chi connectivity index (χ0n) is 17.5. The van der Waals surface area contributed by atoms with Crippen LogP contribution in [0, 0.1) is 10.1 Å². The van der Waals surface area contributed by atoms with Crippen molar-refractivity contribution in [3.8, 4) is 5.75 Å². The van der Waals surface area contributed by atoms with Gasteiger partial charge in [0.25, 0.3) is 11.5 Å². The van der Waals surface area contributed by atoms with Gasteiger partial charge in [0.05, 0.1) is 33.4 Å². The largest absolute Gasteiger partial charge is 0.507 e. The van der Waals surface area contributed by atoms with Gasteiger partial charge in [-0.3, -0.25) is 24.6 Å².